The van der Waals surface area contributed by atoms with Crippen molar-refractivity contribution in [2.75, 3.05) is 18.8 Å². The fourth-order valence-corrected chi connectivity index (χ4v) is 6.07. The Morgan fingerprint density at radius 1 is 0.950 bits per heavy atom. The summed E-state index contributed by atoms with van der Waals surface area (Å²) in [7, 11) is 0. The Morgan fingerprint density at radius 2 is 1.77 bits per heavy atom. The van der Waals surface area contributed by atoms with Crippen LogP contribution in [0, 0.1) is 0 Å². The van der Waals surface area contributed by atoms with Gasteiger partial charge in [0, 0.05) is 49.2 Å². The zero-order valence-corrected chi connectivity index (χ0v) is 22.0. The highest BCUT2D eigenvalue weighted by Crippen LogP contribution is 2.34. The summed E-state index contributed by atoms with van der Waals surface area (Å²) >= 11 is 0. The van der Waals surface area contributed by atoms with Gasteiger partial charge in [-0.15, -0.1) is 0 Å². The lowest BCUT2D eigenvalue weighted by molar-refractivity contribution is -0.128. The van der Waals surface area contributed by atoms with Crippen LogP contribution >= 0.6 is 0 Å². The number of nitrogens with two attached hydrogens (primary N) is 1. The Hall–Kier alpha value is -4.82. The summed E-state index contributed by atoms with van der Waals surface area (Å²) in [5.74, 6) is 1.17. The maximum Gasteiger partial charge on any atom is 0.246 e. The van der Waals surface area contributed by atoms with Gasteiger partial charge in [0.2, 0.25) is 5.91 Å². The molecule has 0 saturated carbocycles. The van der Waals surface area contributed by atoms with Crippen LogP contribution in [0.15, 0.2) is 97.7 Å². The van der Waals surface area contributed by atoms with E-state index in [4.69, 9.17) is 15.7 Å². The fraction of sp³-hybridized carbons (Fsp3) is 0.188. The van der Waals surface area contributed by atoms with Crippen molar-refractivity contribution in [2.45, 2.75) is 25.0 Å². The third kappa shape index (κ3) is 4.13. The Kier molecular flexibility index (Phi) is 5.90. The third-order valence-electron chi connectivity index (χ3n) is 8.05. The molecule has 0 unspecified atom stereocenters. The van der Waals surface area contributed by atoms with Crippen LogP contribution in [0.1, 0.15) is 12.0 Å². The van der Waals surface area contributed by atoms with Crippen LogP contribution in [0.2, 0.25) is 0 Å². The van der Waals surface area contributed by atoms with Gasteiger partial charge in [-0.2, -0.15) is 0 Å². The summed E-state index contributed by atoms with van der Waals surface area (Å²) in [6.45, 7) is 6.17. The van der Waals surface area contributed by atoms with E-state index >= 15 is 0 Å². The first-order valence-corrected chi connectivity index (χ1v) is 13.5. The van der Waals surface area contributed by atoms with Gasteiger partial charge in [0.25, 0.3) is 0 Å². The molecule has 2 atom stereocenters. The summed E-state index contributed by atoms with van der Waals surface area (Å²) < 4.78 is 2.06. The number of pyridine rings is 2. The summed E-state index contributed by atoms with van der Waals surface area (Å²) in [6.07, 6.45) is 4.14. The molecule has 5 heterocycles. The van der Waals surface area contributed by atoms with Gasteiger partial charge in [-0.05, 0) is 54.5 Å². The molecular weight excluding hydrogens is 498 g/mol. The van der Waals surface area contributed by atoms with E-state index < -0.39 is 0 Å². The monoisotopic (exact) mass is 527 g/mol. The van der Waals surface area contributed by atoms with Crippen molar-refractivity contribution in [1.82, 2.24) is 29.3 Å². The SMILES string of the molecule is C=CC(=O)N1C[C@H]2C[C@@H]1CN2Cc1ccc(-n2c(-c3cccnc3N)nc3ccc(-c4ccccc4)nc32)cc1. The Labute approximate surface area is 232 Å². The van der Waals surface area contributed by atoms with E-state index in [1.807, 2.05) is 47.4 Å². The van der Waals surface area contributed by atoms with E-state index in [-0.39, 0.29) is 11.9 Å². The molecule has 8 nitrogen and oxygen atoms in total. The minimum atomic E-state index is 0.0400. The Morgan fingerprint density at radius 3 is 2.50 bits per heavy atom. The first-order chi connectivity index (χ1) is 19.6. The molecule has 2 bridgehead atoms. The van der Waals surface area contributed by atoms with E-state index in [1.54, 1.807) is 6.20 Å². The quantitative estimate of drug-likeness (QED) is 0.322. The first kappa shape index (κ1) is 24.2. The van der Waals surface area contributed by atoms with Crippen molar-refractivity contribution < 1.29 is 4.79 Å². The minimum Gasteiger partial charge on any atom is -0.383 e. The molecule has 2 aromatic carbocycles. The number of imidazole rings is 1. The molecule has 40 heavy (non-hydrogen) atoms. The van der Waals surface area contributed by atoms with Crippen LogP contribution in [0.4, 0.5) is 5.82 Å². The van der Waals surface area contributed by atoms with Crippen LogP contribution in [0.5, 0.6) is 0 Å². The predicted octanol–water partition coefficient (Wildman–Crippen LogP) is 4.70. The summed E-state index contributed by atoms with van der Waals surface area (Å²) in [4.78, 5) is 30.9. The van der Waals surface area contributed by atoms with Gasteiger partial charge in [-0.1, -0.05) is 49.0 Å². The molecule has 2 N–H and O–H groups in total. The minimum absolute atomic E-state index is 0.0400. The van der Waals surface area contributed by atoms with Crippen LogP contribution in [-0.2, 0) is 11.3 Å². The fourth-order valence-electron chi connectivity index (χ4n) is 6.07. The second-order valence-corrected chi connectivity index (χ2v) is 10.4. The van der Waals surface area contributed by atoms with Gasteiger partial charge in [0.15, 0.2) is 11.5 Å². The maximum atomic E-state index is 12.1. The van der Waals surface area contributed by atoms with Gasteiger partial charge < -0.3 is 10.6 Å². The van der Waals surface area contributed by atoms with Gasteiger partial charge >= 0.3 is 0 Å². The molecule has 8 heteroatoms. The van der Waals surface area contributed by atoms with Crippen LogP contribution in [0.25, 0.3) is 39.5 Å². The standard InChI is InChI=1S/C32H29N7O/c1-2-29(40)38-20-24-17-25(38)19-37(24)18-21-10-12-23(13-11-21)39-31(26-9-6-16-34-30(26)33)36-28-15-14-27(35-32(28)39)22-7-4-3-5-8-22/h2-16,24-25H,1,17-20H2,(H2,33,34)/t24-,25-/m1/s1. The molecule has 198 valence electrons. The molecule has 7 rings (SSSR count). The summed E-state index contributed by atoms with van der Waals surface area (Å²) in [5, 5.41) is 0. The number of carbonyl (C=O) groups excluding carboxylic acids is 1. The van der Waals surface area contributed by atoms with Crippen LogP contribution in [-0.4, -0.2) is 60.4 Å². The van der Waals surface area contributed by atoms with Crippen molar-refractivity contribution in [3.05, 3.63) is 103 Å². The lowest BCUT2D eigenvalue weighted by Crippen LogP contribution is -2.47. The third-order valence-corrected chi connectivity index (χ3v) is 8.05. The molecule has 1 amide bonds. The number of amides is 1. The number of nitrogens with zero attached hydrogens (tertiary/aromatic N) is 6. The summed E-state index contributed by atoms with van der Waals surface area (Å²) in [6, 6.07) is 27.2. The van der Waals surface area contributed by atoms with Crippen LogP contribution < -0.4 is 5.73 Å². The second-order valence-electron chi connectivity index (χ2n) is 10.4. The van der Waals surface area contributed by atoms with Gasteiger partial charge in [0.05, 0.1) is 11.3 Å². The van der Waals surface area contributed by atoms with Gasteiger partial charge in [-0.25, -0.2) is 15.0 Å². The van der Waals surface area contributed by atoms with E-state index in [0.29, 0.717) is 17.7 Å². The molecule has 0 radical (unpaired) electrons. The molecular formula is C32H29N7O. The molecule has 0 aliphatic carbocycles. The molecule has 2 fully saturated rings. The van der Waals surface area contributed by atoms with Crippen molar-refractivity contribution in [3.63, 3.8) is 0 Å². The topological polar surface area (TPSA) is 93.2 Å². The maximum absolute atomic E-state index is 12.1. The number of piperazine rings is 1. The number of anilines is 1. The number of carbonyl (C=O) groups is 1. The van der Waals surface area contributed by atoms with Crippen molar-refractivity contribution >= 4 is 22.9 Å². The second kappa shape index (κ2) is 9.73. The predicted molar refractivity (Wildman–Crippen MR) is 156 cm³/mol. The normalized spacial score (nSPS) is 18.4. The first-order valence-electron chi connectivity index (χ1n) is 13.5. The number of likely N-dealkylation sites (tertiary alicyclic amines) is 2. The molecule has 3 aromatic heterocycles. The number of hydrogen-bond donors (Lipinski definition) is 1. The largest absolute Gasteiger partial charge is 0.383 e. The molecule has 2 saturated heterocycles. The van der Waals surface area contributed by atoms with E-state index in [1.165, 1.54) is 11.6 Å². The highest BCUT2D eigenvalue weighted by Gasteiger charge is 2.44. The molecule has 5 aromatic rings. The number of aromatic nitrogens is 4. The molecule has 0 spiro atoms. The number of hydrogen-bond acceptors (Lipinski definition) is 6. The highest BCUT2D eigenvalue weighted by atomic mass is 16.2. The lowest BCUT2D eigenvalue weighted by Gasteiger charge is -2.33. The zero-order chi connectivity index (χ0) is 27.2. The number of rotatable bonds is 6. The Bertz CT molecular complexity index is 1730. The van der Waals surface area contributed by atoms with Gasteiger partial charge in [0.1, 0.15) is 11.3 Å². The number of fused-ring (bicyclic) bond motifs is 3. The van der Waals surface area contributed by atoms with Crippen molar-refractivity contribution in [2.24, 2.45) is 0 Å². The van der Waals surface area contributed by atoms with E-state index in [0.717, 1.165) is 59.7 Å². The van der Waals surface area contributed by atoms with Crippen molar-refractivity contribution in [3.8, 4) is 28.3 Å². The summed E-state index contributed by atoms with van der Waals surface area (Å²) in [5.41, 5.74) is 12.7. The molecule has 2 aliphatic rings. The average Bonchev–Trinajstić information content (AvgIpc) is 3.70. The van der Waals surface area contributed by atoms with Crippen LogP contribution in [0.3, 0.4) is 0 Å². The number of benzene rings is 2. The smallest absolute Gasteiger partial charge is 0.246 e. The average molecular weight is 528 g/mol. The lowest BCUT2D eigenvalue weighted by atomic mass is 10.1. The zero-order valence-electron chi connectivity index (χ0n) is 22.0. The van der Waals surface area contributed by atoms with E-state index in [2.05, 4.69) is 57.4 Å². The Balaban J connectivity index is 1.24. The van der Waals surface area contributed by atoms with Gasteiger partial charge in [-0.3, -0.25) is 14.3 Å². The van der Waals surface area contributed by atoms with E-state index in [9.17, 15) is 4.79 Å². The molecule has 2 aliphatic heterocycles. The van der Waals surface area contributed by atoms with Crippen molar-refractivity contribution in [1.29, 1.82) is 0 Å². The number of nitrogen functional groups attached to an aromatic ring is 1. The highest BCUT2D eigenvalue weighted by molar-refractivity contribution is 5.88.